The van der Waals surface area contributed by atoms with Crippen LogP contribution in [0.25, 0.3) is 0 Å². The molecule has 0 bridgehead atoms. The van der Waals surface area contributed by atoms with Gasteiger partial charge in [0.15, 0.2) is 5.96 Å². The van der Waals surface area contributed by atoms with Gasteiger partial charge in [0.05, 0.1) is 32.2 Å². The number of nitrogens with zero attached hydrogens (tertiary/aromatic N) is 1. The lowest BCUT2D eigenvalue weighted by Gasteiger charge is -2.27. The van der Waals surface area contributed by atoms with Gasteiger partial charge in [-0.15, -0.1) is 0 Å². The number of amides is 13. The highest BCUT2D eigenvalue weighted by atomic mass is 16.4. The van der Waals surface area contributed by atoms with E-state index in [-0.39, 0.29) is 83.1 Å². The fourth-order valence-corrected chi connectivity index (χ4v) is 10.2. The smallest absolute Gasteiger partial charge is 0.326 e. The van der Waals surface area contributed by atoms with Crippen LogP contribution in [-0.2, 0) is 80.0 Å². The summed E-state index contributed by atoms with van der Waals surface area (Å²) in [7, 11) is 0. The van der Waals surface area contributed by atoms with Crippen molar-refractivity contribution in [3.05, 3.63) is 71.8 Å². The molecule has 0 heterocycles. The minimum absolute atomic E-state index is 0.00852. The summed E-state index contributed by atoms with van der Waals surface area (Å²) in [5.74, 6) is -12.2. The summed E-state index contributed by atoms with van der Waals surface area (Å²) in [6.07, 6.45) is -0.264. The largest absolute Gasteiger partial charge is 0.480 e. The number of hydrogen-bond donors (Lipinski definition) is 24. The van der Waals surface area contributed by atoms with E-state index >= 15 is 0 Å². The number of rotatable bonds is 58. The van der Waals surface area contributed by atoms with Crippen molar-refractivity contribution < 1.29 is 77.3 Å². The van der Waals surface area contributed by atoms with E-state index < -0.39 is 176 Å². The van der Waals surface area contributed by atoms with Crippen molar-refractivity contribution in [3.8, 4) is 0 Å². The number of primary amides is 2. The van der Waals surface area contributed by atoms with Gasteiger partial charge < -0.3 is 130 Å². The fourth-order valence-electron chi connectivity index (χ4n) is 10.2. The molecule has 0 aromatic heterocycles. The molecular weight excluding hydrogens is 1390 g/mol. The Kier molecular flexibility index (Phi) is 46.7. The number of carboxylic acids is 1. The quantitative estimate of drug-likeness (QED) is 0.0166. The molecule has 0 unspecified atom stereocenters. The molecule has 30 N–H and O–H groups in total. The van der Waals surface area contributed by atoms with E-state index in [0.29, 0.717) is 65.2 Å². The highest BCUT2D eigenvalue weighted by Crippen LogP contribution is 2.11. The Morgan fingerprint density at radius 1 is 0.430 bits per heavy atom. The maximum Gasteiger partial charge on any atom is 0.326 e. The van der Waals surface area contributed by atoms with Crippen molar-refractivity contribution in [2.75, 3.05) is 98.2 Å². The third-order valence-corrected chi connectivity index (χ3v) is 16.0. The van der Waals surface area contributed by atoms with Crippen LogP contribution in [0.2, 0.25) is 0 Å². The molecule has 598 valence electrons. The zero-order valence-electron chi connectivity index (χ0n) is 61.5. The number of aliphatic imine (C=N–C) groups is 1. The summed E-state index contributed by atoms with van der Waals surface area (Å²) in [6, 6.07) is 5.37. The minimum Gasteiger partial charge on any atom is -0.480 e. The maximum atomic E-state index is 14.2. The molecule has 0 aliphatic rings. The van der Waals surface area contributed by atoms with Crippen molar-refractivity contribution >= 4 is 88.7 Å². The first-order valence-electron chi connectivity index (χ1n) is 35.7. The van der Waals surface area contributed by atoms with Crippen LogP contribution in [0.5, 0.6) is 0 Å². The summed E-state index contributed by atoms with van der Waals surface area (Å²) in [6.45, 7) is 10.0. The second kappa shape index (κ2) is 53.7. The molecule has 0 spiro atoms. The van der Waals surface area contributed by atoms with Gasteiger partial charge in [-0.3, -0.25) is 67.3 Å². The molecular formula is C68H115N23O16. The second-order valence-electron chi connectivity index (χ2n) is 25.7. The van der Waals surface area contributed by atoms with Crippen LogP contribution in [0.1, 0.15) is 96.6 Å². The van der Waals surface area contributed by atoms with Crippen molar-refractivity contribution in [2.24, 2.45) is 45.3 Å². The fraction of sp³-hybridized carbons (Fsp3) is 0.603. The predicted molar refractivity (Wildman–Crippen MR) is 397 cm³/mol. The van der Waals surface area contributed by atoms with Crippen molar-refractivity contribution in [3.63, 3.8) is 0 Å². The van der Waals surface area contributed by atoms with E-state index in [1.54, 1.807) is 13.8 Å². The average Bonchev–Trinajstić information content (AvgIpc) is 0.878. The molecule has 39 nitrogen and oxygen atoms in total. The first-order valence-corrected chi connectivity index (χ1v) is 35.7. The highest BCUT2D eigenvalue weighted by Gasteiger charge is 2.35. The number of nitrogens with one attached hydrogen (secondary N) is 16. The van der Waals surface area contributed by atoms with Gasteiger partial charge in [0.1, 0.15) is 54.4 Å². The van der Waals surface area contributed by atoms with E-state index in [0.717, 1.165) is 11.1 Å². The zero-order chi connectivity index (χ0) is 79.6. The normalized spacial score (nSPS) is 13.8. The van der Waals surface area contributed by atoms with Crippen LogP contribution in [0.4, 0.5) is 0 Å². The standard InChI is InChI=1S/C68H115N23O16/c1-41(2)34-50(64(103)84-43(4)59(98)90-52(37-55(72)94)65(104)89-49(67(106)107)20-21-54(71)93)91-63(102)47(18-11-12-22-69)88-62(101)48(19-13-23-81-68(73)74)87-58(97)42(3)85-66(105)53(40-92)79-32-30-77-28-26-75-24-25-76-27-29-78-31-33-80-61(100)51(36-45-16-9-6-10-17-45)86-57(96)39-82-56(95)38-83-60(99)46(70)35-44-14-7-5-8-15-44/h5-10,14-17,41-43,46-53,75-79,92H,11-13,18-40,69-70H2,1-4H3,(H2,71,93)(H2,72,94)(H,80,100)(H,82,95)(H,83,99)(H,84,103)(H,85,105)(H,86,96)(H,87,97)(H,88,101)(H,89,104)(H,90,98)(H,91,102)(H,106,107)(H4,73,74,81)/t42-,43-,46-,47-,48-,49-,50-,51-,52-,53-/m0/s1. The van der Waals surface area contributed by atoms with E-state index in [9.17, 15) is 77.3 Å². The molecule has 107 heavy (non-hydrogen) atoms. The van der Waals surface area contributed by atoms with Crippen LogP contribution in [0.15, 0.2) is 65.7 Å². The number of carboxylic acid groups (broad SMARTS) is 1. The minimum atomic E-state index is -1.72. The first kappa shape index (κ1) is 93.1. The van der Waals surface area contributed by atoms with Crippen LogP contribution >= 0.6 is 0 Å². The van der Waals surface area contributed by atoms with Gasteiger partial charge in [-0.1, -0.05) is 74.5 Å². The average molecular weight is 1510 g/mol. The molecule has 0 fully saturated rings. The summed E-state index contributed by atoms with van der Waals surface area (Å²) in [4.78, 5) is 186. The number of carbonyl (C=O) groups excluding carboxylic acids is 13. The molecule has 0 radical (unpaired) electrons. The first-order chi connectivity index (χ1) is 50.9. The lowest BCUT2D eigenvalue weighted by Crippen LogP contribution is -2.60. The van der Waals surface area contributed by atoms with Gasteiger partial charge in [-0.25, -0.2) is 4.79 Å². The Labute approximate surface area is 623 Å². The Balaban J connectivity index is 1.86. The molecule has 39 heteroatoms. The van der Waals surface area contributed by atoms with Crippen LogP contribution in [0.3, 0.4) is 0 Å². The van der Waals surface area contributed by atoms with E-state index in [2.05, 4.69) is 90.1 Å². The SMILES string of the molecule is CC(C)C[C@H](NC(=O)[C@H](CCCCN)NC(=O)[C@H](CCCN=C(N)N)NC(=O)[C@H](C)NC(=O)[C@H](CO)NCCNCCNCCNCCNCCNC(=O)[C@H](Cc1ccccc1)NC(=O)CNC(=O)CNC(=O)[C@@H](N)Cc1ccccc1)C(=O)N[C@@H](C)C(=O)N[C@@H](CC(N)=O)C(=O)N[C@@H](CCC(N)=O)C(=O)O. The number of unbranched alkanes of at least 4 members (excludes halogenated alkanes) is 1. The third-order valence-electron chi connectivity index (χ3n) is 16.0. The lowest BCUT2D eigenvalue weighted by atomic mass is 10.0. The summed E-state index contributed by atoms with van der Waals surface area (Å²) in [5.41, 5.74) is 34.9. The number of benzene rings is 2. The molecule has 0 aliphatic heterocycles. The Hall–Kier alpha value is -10.0. The topological polar surface area (TPSA) is 640 Å². The Morgan fingerprint density at radius 2 is 0.888 bits per heavy atom. The molecule has 0 saturated heterocycles. The third kappa shape index (κ3) is 42.0. The lowest BCUT2D eigenvalue weighted by molar-refractivity contribution is -0.143. The molecule has 13 amide bonds. The number of aliphatic carboxylic acids is 1. The van der Waals surface area contributed by atoms with Crippen molar-refractivity contribution in [1.29, 1.82) is 0 Å². The molecule has 2 rings (SSSR count). The molecule has 2 aromatic rings. The van der Waals surface area contributed by atoms with Gasteiger partial charge in [-0.2, -0.15) is 0 Å². The monoisotopic (exact) mass is 1510 g/mol. The number of carbonyl (C=O) groups is 14. The molecule has 0 saturated carbocycles. The maximum absolute atomic E-state index is 14.2. The predicted octanol–water partition coefficient (Wildman–Crippen LogP) is -9.17. The zero-order valence-corrected chi connectivity index (χ0v) is 61.5. The van der Waals surface area contributed by atoms with Crippen molar-refractivity contribution in [2.45, 2.75) is 159 Å². The van der Waals surface area contributed by atoms with Gasteiger partial charge in [0.25, 0.3) is 0 Å². The Morgan fingerprint density at radius 3 is 1.39 bits per heavy atom. The van der Waals surface area contributed by atoms with E-state index in [4.69, 9.17) is 34.4 Å². The van der Waals surface area contributed by atoms with Gasteiger partial charge in [0, 0.05) is 84.8 Å². The molecule has 2 aromatic carbocycles. The van der Waals surface area contributed by atoms with Gasteiger partial charge in [-0.05, 0) is 88.8 Å². The van der Waals surface area contributed by atoms with Crippen LogP contribution in [0, 0.1) is 5.92 Å². The van der Waals surface area contributed by atoms with Crippen LogP contribution in [-0.4, -0.2) is 258 Å². The number of guanidine groups is 1. The summed E-state index contributed by atoms with van der Waals surface area (Å²) < 4.78 is 0. The van der Waals surface area contributed by atoms with E-state index in [1.165, 1.54) is 13.8 Å². The number of aliphatic hydroxyl groups excluding tert-OH is 1. The Bertz CT molecular complexity index is 3150. The number of nitrogens with two attached hydrogens (primary N) is 6. The van der Waals surface area contributed by atoms with Crippen LogP contribution < -0.4 is 119 Å². The van der Waals surface area contributed by atoms with Gasteiger partial charge in [0.2, 0.25) is 76.8 Å². The molecule has 10 atom stereocenters. The summed E-state index contributed by atoms with van der Waals surface area (Å²) in [5, 5.41) is 63.5. The highest BCUT2D eigenvalue weighted by molar-refractivity contribution is 5.99. The molecule has 0 aliphatic carbocycles. The number of aliphatic hydroxyl groups is 1. The van der Waals surface area contributed by atoms with Gasteiger partial charge >= 0.3 is 5.97 Å². The van der Waals surface area contributed by atoms with E-state index in [1.807, 2.05) is 60.7 Å². The second-order valence-corrected chi connectivity index (χ2v) is 25.7. The number of hydrogen-bond acceptors (Lipinski definition) is 23. The summed E-state index contributed by atoms with van der Waals surface area (Å²) >= 11 is 0. The van der Waals surface area contributed by atoms with Crippen molar-refractivity contribution in [1.82, 2.24) is 85.1 Å².